The maximum atomic E-state index is 11.8. The Hall–Kier alpha value is -0.0800. The van der Waals surface area contributed by atoms with E-state index in [1.165, 1.54) is 4.88 Å². The van der Waals surface area contributed by atoms with Gasteiger partial charge in [0, 0.05) is 17.5 Å². The fourth-order valence-electron chi connectivity index (χ4n) is 1.35. The van der Waals surface area contributed by atoms with Gasteiger partial charge in [-0.2, -0.15) is 0 Å². The van der Waals surface area contributed by atoms with Crippen LogP contribution < -0.4 is 11.3 Å². The molecule has 0 fully saturated rings. The Bertz CT molecular complexity index is 325. The molecule has 0 saturated carbocycles. The van der Waals surface area contributed by atoms with Crippen molar-refractivity contribution in [3.63, 3.8) is 0 Å². The van der Waals surface area contributed by atoms with Gasteiger partial charge in [-0.15, -0.1) is 11.3 Å². The van der Waals surface area contributed by atoms with Gasteiger partial charge in [-0.3, -0.25) is 11.3 Å². The number of halogens is 3. The Morgan fingerprint density at radius 2 is 2.24 bits per heavy atom. The van der Waals surface area contributed by atoms with Crippen LogP contribution in [0.2, 0.25) is 0 Å². The monoisotopic (exact) mass is 328 g/mol. The molecule has 0 spiro atoms. The van der Waals surface area contributed by atoms with Gasteiger partial charge in [0.05, 0.1) is 3.79 Å². The molecule has 98 valence electrons. The molecule has 0 radical (unpaired) electrons. The van der Waals surface area contributed by atoms with E-state index in [-0.39, 0.29) is 12.6 Å². The zero-order chi connectivity index (χ0) is 12.7. The van der Waals surface area contributed by atoms with Gasteiger partial charge in [-0.1, -0.05) is 0 Å². The first-order valence-corrected chi connectivity index (χ1v) is 6.79. The van der Waals surface area contributed by atoms with Crippen molar-refractivity contribution in [1.82, 2.24) is 5.43 Å². The van der Waals surface area contributed by atoms with Crippen molar-refractivity contribution in [2.75, 3.05) is 13.2 Å². The van der Waals surface area contributed by atoms with Gasteiger partial charge >= 0.3 is 0 Å². The molecular weight excluding hydrogens is 314 g/mol. The summed E-state index contributed by atoms with van der Waals surface area (Å²) in [5.41, 5.74) is 2.67. The van der Waals surface area contributed by atoms with E-state index in [2.05, 4.69) is 21.4 Å². The molecule has 0 aliphatic heterocycles. The van der Waals surface area contributed by atoms with Crippen LogP contribution in [0.15, 0.2) is 15.9 Å². The first kappa shape index (κ1) is 15.0. The number of rotatable bonds is 8. The van der Waals surface area contributed by atoms with Crippen LogP contribution in [-0.2, 0) is 11.2 Å². The Kier molecular flexibility index (Phi) is 7.14. The Morgan fingerprint density at radius 1 is 1.47 bits per heavy atom. The van der Waals surface area contributed by atoms with E-state index in [4.69, 9.17) is 10.6 Å². The summed E-state index contributed by atoms with van der Waals surface area (Å²) in [6.07, 6.45) is -1.03. The van der Waals surface area contributed by atoms with E-state index >= 15 is 0 Å². The number of alkyl halides is 2. The zero-order valence-corrected chi connectivity index (χ0v) is 11.6. The van der Waals surface area contributed by atoms with E-state index in [0.29, 0.717) is 6.42 Å². The molecule has 1 unspecified atom stereocenters. The molecule has 1 atom stereocenters. The first-order valence-electron chi connectivity index (χ1n) is 5.18. The van der Waals surface area contributed by atoms with E-state index in [0.717, 1.165) is 10.2 Å². The lowest BCUT2D eigenvalue weighted by molar-refractivity contribution is 0.0144. The highest BCUT2D eigenvalue weighted by molar-refractivity contribution is 9.11. The Morgan fingerprint density at radius 3 is 2.76 bits per heavy atom. The average molecular weight is 329 g/mol. The van der Waals surface area contributed by atoms with Crippen LogP contribution in [0.4, 0.5) is 8.78 Å². The minimum atomic E-state index is -2.41. The van der Waals surface area contributed by atoms with Crippen LogP contribution in [0.1, 0.15) is 11.3 Å². The van der Waals surface area contributed by atoms with Crippen molar-refractivity contribution < 1.29 is 13.5 Å². The van der Waals surface area contributed by atoms with Crippen molar-refractivity contribution in [3.8, 4) is 0 Å². The first-order chi connectivity index (χ1) is 8.11. The normalized spacial score (nSPS) is 13.2. The van der Waals surface area contributed by atoms with Gasteiger partial charge in [0.1, 0.15) is 6.61 Å². The van der Waals surface area contributed by atoms with Crippen molar-refractivity contribution in [2.45, 2.75) is 25.3 Å². The van der Waals surface area contributed by atoms with Crippen LogP contribution >= 0.6 is 27.3 Å². The van der Waals surface area contributed by atoms with Crippen molar-refractivity contribution in [3.05, 3.63) is 20.8 Å². The topological polar surface area (TPSA) is 47.3 Å². The molecule has 17 heavy (non-hydrogen) atoms. The molecular formula is C10H15BrF2N2OS. The minimum absolute atomic E-state index is 0.0400. The van der Waals surface area contributed by atoms with Crippen molar-refractivity contribution in [1.29, 1.82) is 0 Å². The zero-order valence-electron chi connectivity index (χ0n) is 9.17. The third-order valence-electron chi connectivity index (χ3n) is 2.17. The summed E-state index contributed by atoms with van der Waals surface area (Å²) in [4.78, 5) is 1.19. The van der Waals surface area contributed by atoms with E-state index in [9.17, 15) is 8.78 Å². The molecule has 0 aliphatic carbocycles. The summed E-state index contributed by atoms with van der Waals surface area (Å²) in [7, 11) is 0. The second-order valence-electron chi connectivity index (χ2n) is 3.53. The van der Waals surface area contributed by atoms with Gasteiger partial charge in [0.25, 0.3) is 6.43 Å². The molecule has 3 N–H and O–H groups in total. The number of hydrogen-bond donors (Lipinski definition) is 2. The van der Waals surface area contributed by atoms with Gasteiger partial charge in [0.15, 0.2) is 0 Å². The highest BCUT2D eigenvalue weighted by atomic mass is 79.9. The van der Waals surface area contributed by atoms with Crippen LogP contribution in [0, 0.1) is 0 Å². The molecule has 1 aromatic heterocycles. The summed E-state index contributed by atoms with van der Waals surface area (Å²) >= 11 is 5.02. The van der Waals surface area contributed by atoms with E-state index in [1.807, 2.05) is 12.1 Å². The van der Waals surface area contributed by atoms with Crippen molar-refractivity contribution in [2.24, 2.45) is 5.84 Å². The maximum absolute atomic E-state index is 11.8. The molecule has 0 amide bonds. The molecule has 0 bridgehead atoms. The highest BCUT2D eigenvalue weighted by Crippen LogP contribution is 2.23. The van der Waals surface area contributed by atoms with Gasteiger partial charge in [-0.25, -0.2) is 8.78 Å². The largest absolute Gasteiger partial charge is 0.375 e. The lowest BCUT2D eigenvalue weighted by atomic mass is 10.1. The molecule has 3 nitrogen and oxygen atoms in total. The fraction of sp³-hybridized carbons (Fsp3) is 0.600. The quantitative estimate of drug-likeness (QED) is 0.438. The third kappa shape index (κ3) is 6.42. The smallest absolute Gasteiger partial charge is 0.261 e. The molecule has 0 aliphatic rings. The number of thiophene rings is 1. The third-order valence-corrected chi connectivity index (χ3v) is 3.81. The molecule has 1 rings (SSSR count). The number of nitrogens with two attached hydrogens (primary N) is 1. The predicted molar refractivity (Wildman–Crippen MR) is 68.3 cm³/mol. The number of ether oxygens (including phenoxy) is 1. The second kappa shape index (κ2) is 8.10. The van der Waals surface area contributed by atoms with Gasteiger partial charge < -0.3 is 4.74 Å². The Balaban J connectivity index is 2.24. The molecule has 0 aromatic carbocycles. The fourth-order valence-corrected chi connectivity index (χ4v) is 2.91. The van der Waals surface area contributed by atoms with Crippen LogP contribution in [0.3, 0.4) is 0 Å². The lowest BCUT2D eigenvalue weighted by Crippen LogP contribution is -2.37. The Labute approximate surface area is 111 Å². The van der Waals surface area contributed by atoms with Crippen LogP contribution in [0.5, 0.6) is 0 Å². The predicted octanol–water partition coefficient (Wildman–Crippen LogP) is 2.56. The van der Waals surface area contributed by atoms with Crippen LogP contribution in [-0.4, -0.2) is 25.7 Å². The number of nitrogens with one attached hydrogen (secondary N) is 1. The van der Waals surface area contributed by atoms with Gasteiger partial charge in [0.2, 0.25) is 0 Å². The summed E-state index contributed by atoms with van der Waals surface area (Å²) in [6.45, 7) is -0.229. The number of hydrogen-bond acceptors (Lipinski definition) is 4. The summed E-state index contributed by atoms with van der Waals surface area (Å²) < 4.78 is 29.5. The molecule has 1 aromatic rings. The summed E-state index contributed by atoms with van der Waals surface area (Å²) in [5.74, 6) is 5.41. The molecule has 7 heteroatoms. The minimum Gasteiger partial charge on any atom is -0.375 e. The summed E-state index contributed by atoms with van der Waals surface area (Å²) in [5, 5.41) is 0. The van der Waals surface area contributed by atoms with Crippen molar-refractivity contribution >= 4 is 27.3 Å². The van der Waals surface area contributed by atoms with Gasteiger partial charge in [-0.05, 0) is 40.9 Å². The van der Waals surface area contributed by atoms with E-state index < -0.39 is 13.0 Å². The highest BCUT2D eigenvalue weighted by Gasteiger charge is 2.10. The molecule has 0 saturated heterocycles. The second-order valence-corrected chi connectivity index (χ2v) is 6.08. The molecule has 1 heterocycles. The van der Waals surface area contributed by atoms with Crippen LogP contribution in [0.25, 0.3) is 0 Å². The SMILES string of the molecule is NNC(CCOCC(F)F)Cc1ccc(Br)s1. The average Bonchev–Trinajstić information content (AvgIpc) is 2.68. The van der Waals surface area contributed by atoms with E-state index in [1.54, 1.807) is 11.3 Å². The summed E-state index contributed by atoms with van der Waals surface area (Å²) in [6, 6.07) is 4.03. The maximum Gasteiger partial charge on any atom is 0.261 e. The standard InChI is InChI=1S/C10H15BrF2N2OS/c11-9-2-1-8(17-9)5-7(15-14)3-4-16-6-10(12)13/h1-2,7,10,15H,3-6,14H2. The lowest BCUT2D eigenvalue weighted by Gasteiger charge is -2.14. The number of hydrazine groups is 1.